The van der Waals surface area contributed by atoms with Crippen LogP contribution in [-0.2, 0) is 4.79 Å². The summed E-state index contributed by atoms with van der Waals surface area (Å²) < 4.78 is 0.874. The maximum Gasteiger partial charge on any atom is 0.326 e. The fraction of sp³-hybridized carbons (Fsp3) is 0.385. The van der Waals surface area contributed by atoms with Crippen molar-refractivity contribution in [2.45, 2.75) is 25.8 Å². The minimum atomic E-state index is -0.946. The van der Waals surface area contributed by atoms with Gasteiger partial charge in [-0.2, -0.15) is 0 Å². The van der Waals surface area contributed by atoms with Gasteiger partial charge in [-0.05, 0) is 43.5 Å². The second-order valence-corrected chi connectivity index (χ2v) is 5.55. The number of aliphatic carboxylic acids is 1. The van der Waals surface area contributed by atoms with Crippen LogP contribution in [0.25, 0.3) is 0 Å². The summed E-state index contributed by atoms with van der Waals surface area (Å²) in [6.07, 6.45) is 1.24. The number of hydrogen-bond donors (Lipinski definition) is 2. The lowest BCUT2D eigenvalue weighted by Gasteiger charge is -2.22. The molecular weight excluding hydrogens is 312 g/mol. The van der Waals surface area contributed by atoms with E-state index in [0.717, 1.165) is 16.5 Å². The molecule has 1 atom stereocenters. The fourth-order valence-corrected chi connectivity index (χ4v) is 2.88. The topological polar surface area (TPSA) is 69.6 Å². The van der Waals surface area contributed by atoms with Gasteiger partial charge < -0.3 is 15.3 Å². The highest BCUT2D eigenvalue weighted by atomic mass is 79.9. The van der Waals surface area contributed by atoms with Gasteiger partial charge >= 0.3 is 12.0 Å². The molecule has 2 amide bonds. The second-order valence-electron chi connectivity index (χ2n) is 4.64. The third-order valence-corrected chi connectivity index (χ3v) is 3.55. The number of benzene rings is 1. The lowest BCUT2D eigenvalue weighted by atomic mass is 10.2. The van der Waals surface area contributed by atoms with E-state index in [4.69, 9.17) is 5.11 Å². The molecule has 1 aliphatic heterocycles. The van der Waals surface area contributed by atoms with E-state index >= 15 is 0 Å². The molecule has 1 saturated heterocycles. The lowest BCUT2D eigenvalue weighted by molar-refractivity contribution is -0.141. The number of urea groups is 1. The molecule has 1 aromatic carbocycles. The number of anilines is 1. The number of hydrogen-bond acceptors (Lipinski definition) is 2. The molecule has 1 heterocycles. The lowest BCUT2D eigenvalue weighted by Crippen LogP contribution is -2.42. The molecule has 2 N–H and O–H groups in total. The Morgan fingerprint density at radius 2 is 2.16 bits per heavy atom. The highest BCUT2D eigenvalue weighted by molar-refractivity contribution is 9.10. The third kappa shape index (κ3) is 3.26. The number of amides is 2. The Hall–Kier alpha value is -1.56. The molecule has 0 spiro atoms. The maximum absolute atomic E-state index is 12.1. The van der Waals surface area contributed by atoms with Crippen LogP contribution < -0.4 is 5.32 Å². The quantitative estimate of drug-likeness (QED) is 0.877. The van der Waals surface area contributed by atoms with Gasteiger partial charge in [0.1, 0.15) is 6.04 Å². The summed E-state index contributed by atoms with van der Waals surface area (Å²) in [6, 6.07) is 4.49. The number of carbonyl (C=O) groups is 2. The Kier molecular flexibility index (Phi) is 4.09. The zero-order chi connectivity index (χ0) is 14.0. The Bertz CT molecular complexity index is 498. The molecule has 6 heteroatoms. The minimum Gasteiger partial charge on any atom is -0.480 e. The minimum absolute atomic E-state index is 0.359. The van der Waals surface area contributed by atoms with E-state index in [1.807, 2.05) is 19.1 Å². The summed E-state index contributed by atoms with van der Waals surface area (Å²) in [6.45, 7) is 2.41. The van der Waals surface area contributed by atoms with Crippen molar-refractivity contribution in [1.29, 1.82) is 0 Å². The number of halogens is 1. The van der Waals surface area contributed by atoms with Crippen LogP contribution in [0.5, 0.6) is 0 Å². The SMILES string of the molecule is Cc1cc(Br)cc(NC(=O)N2CCCC2C(=O)O)c1. The number of rotatable bonds is 2. The first-order valence-electron chi connectivity index (χ1n) is 6.05. The van der Waals surface area contributed by atoms with E-state index < -0.39 is 12.0 Å². The van der Waals surface area contributed by atoms with Gasteiger partial charge in [-0.25, -0.2) is 9.59 Å². The van der Waals surface area contributed by atoms with Crippen molar-refractivity contribution in [3.63, 3.8) is 0 Å². The molecule has 5 nitrogen and oxygen atoms in total. The Morgan fingerprint density at radius 1 is 1.42 bits per heavy atom. The Balaban J connectivity index is 2.10. The molecule has 1 aliphatic rings. The van der Waals surface area contributed by atoms with E-state index in [-0.39, 0.29) is 6.03 Å². The molecular formula is C13H15BrN2O3. The predicted molar refractivity (Wildman–Crippen MR) is 75.3 cm³/mol. The van der Waals surface area contributed by atoms with Gasteiger partial charge in [0.25, 0.3) is 0 Å². The Morgan fingerprint density at radius 3 is 2.79 bits per heavy atom. The van der Waals surface area contributed by atoms with Crippen molar-refractivity contribution in [1.82, 2.24) is 4.90 Å². The first-order valence-corrected chi connectivity index (χ1v) is 6.84. The van der Waals surface area contributed by atoms with Gasteiger partial charge in [0.15, 0.2) is 0 Å². The number of aryl methyl sites for hydroxylation is 1. The van der Waals surface area contributed by atoms with Crippen molar-refractivity contribution in [2.24, 2.45) is 0 Å². The number of nitrogens with zero attached hydrogens (tertiary/aromatic N) is 1. The van der Waals surface area contributed by atoms with Crippen LogP contribution in [0, 0.1) is 6.92 Å². The first kappa shape index (κ1) is 13.9. The molecule has 1 unspecified atom stereocenters. The zero-order valence-electron chi connectivity index (χ0n) is 10.5. The molecule has 2 rings (SSSR count). The van der Waals surface area contributed by atoms with Crippen molar-refractivity contribution >= 4 is 33.6 Å². The zero-order valence-corrected chi connectivity index (χ0v) is 12.1. The summed E-state index contributed by atoms with van der Waals surface area (Å²) in [5, 5.41) is 11.8. The summed E-state index contributed by atoms with van der Waals surface area (Å²) in [4.78, 5) is 24.5. The van der Waals surface area contributed by atoms with E-state index in [1.165, 1.54) is 4.90 Å². The highest BCUT2D eigenvalue weighted by Crippen LogP contribution is 2.22. The maximum atomic E-state index is 12.1. The second kappa shape index (κ2) is 5.61. The third-order valence-electron chi connectivity index (χ3n) is 3.09. The molecule has 1 aromatic rings. The van der Waals surface area contributed by atoms with Gasteiger partial charge in [-0.15, -0.1) is 0 Å². The summed E-state index contributed by atoms with van der Waals surface area (Å²) in [7, 11) is 0. The predicted octanol–water partition coefficient (Wildman–Crippen LogP) is 2.84. The summed E-state index contributed by atoms with van der Waals surface area (Å²) >= 11 is 3.36. The van der Waals surface area contributed by atoms with Gasteiger partial charge in [-0.3, -0.25) is 0 Å². The van der Waals surface area contributed by atoms with E-state index in [9.17, 15) is 9.59 Å². The molecule has 0 aliphatic carbocycles. The van der Waals surface area contributed by atoms with E-state index in [1.54, 1.807) is 6.07 Å². The molecule has 0 bridgehead atoms. The van der Waals surface area contributed by atoms with E-state index in [0.29, 0.717) is 18.7 Å². The van der Waals surface area contributed by atoms with Crippen LogP contribution in [-0.4, -0.2) is 34.6 Å². The largest absolute Gasteiger partial charge is 0.480 e. The van der Waals surface area contributed by atoms with Crippen molar-refractivity contribution in [3.8, 4) is 0 Å². The average molecular weight is 327 g/mol. The average Bonchev–Trinajstić information content (AvgIpc) is 2.75. The standard InChI is InChI=1S/C13H15BrN2O3/c1-8-5-9(14)7-10(6-8)15-13(19)16-4-2-3-11(16)12(17)18/h5-7,11H,2-4H2,1H3,(H,15,19)(H,17,18). The molecule has 0 radical (unpaired) electrons. The van der Waals surface area contributed by atoms with Crippen LogP contribution in [0.2, 0.25) is 0 Å². The summed E-state index contributed by atoms with van der Waals surface area (Å²) in [5.41, 5.74) is 1.67. The van der Waals surface area contributed by atoms with Crippen molar-refractivity contribution in [3.05, 3.63) is 28.2 Å². The van der Waals surface area contributed by atoms with Crippen molar-refractivity contribution < 1.29 is 14.7 Å². The molecule has 102 valence electrons. The molecule has 0 saturated carbocycles. The number of likely N-dealkylation sites (tertiary alicyclic amines) is 1. The number of carboxylic acid groups (broad SMARTS) is 1. The van der Waals surface area contributed by atoms with E-state index in [2.05, 4.69) is 21.2 Å². The van der Waals surface area contributed by atoms with Crippen LogP contribution in [0.4, 0.5) is 10.5 Å². The highest BCUT2D eigenvalue weighted by Gasteiger charge is 2.33. The fourth-order valence-electron chi connectivity index (χ4n) is 2.27. The van der Waals surface area contributed by atoms with Gasteiger partial charge in [0.05, 0.1) is 0 Å². The molecule has 19 heavy (non-hydrogen) atoms. The first-order chi connectivity index (χ1) is 8.97. The monoisotopic (exact) mass is 326 g/mol. The molecule has 0 aromatic heterocycles. The van der Waals surface area contributed by atoms with Crippen LogP contribution in [0.3, 0.4) is 0 Å². The van der Waals surface area contributed by atoms with Crippen LogP contribution >= 0.6 is 15.9 Å². The summed E-state index contributed by atoms with van der Waals surface area (Å²) in [5.74, 6) is -0.946. The smallest absolute Gasteiger partial charge is 0.326 e. The van der Waals surface area contributed by atoms with Crippen LogP contribution in [0.1, 0.15) is 18.4 Å². The number of carbonyl (C=O) groups excluding carboxylic acids is 1. The normalized spacial score (nSPS) is 18.4. The van der Waals surface area contributed by atoms with Gasteiger partial charge in [0, 0.05) is 16.7 Å². The van der Waals surface area contributed by atoms with Crippen LogP contribution in [0.15, 0.2) is 22.7 Å². The van der Waals surface area contributed by atoms with Crippen molar-refractivity contribution in [2.75, 3.05) is 11.9 Å². The molecule has 1 fully saturated rings. The Labute approximate surface area is 119 Å². The van der Waals surface area contributed by atoms with Gasteiger partial charge in [0.2, 0.25) is 0 Å². The number of carboxylic acids is 1. The number of nitrogens with one attached hydrogen (secondary N) is 1. The van der Waals surface area contributed by atoms with Gasteiger partial charge in [-0.1, -0.05) is 15.9 Å².